The Hall–Kier alpha value is -0.910. The van der Waals surface area contributed by atoms with Crippen LogP contribution in [-0.2, 0) is 22.5 Å². The molecule has 1 aromatic rings. The molecule has 2 N–H and O–H groups in total. The van der Waals surface area contributed by atoms with Gasteiger partial charge in [0.05, 0.1) is 13.0 Å². The molecule has 4 nitrogen and oxygen atoms in total. The summed E-state index contributed by atoms with van der Waals surface area (Å²) in [5, 5.41) is 11.8. The molecule has 0 fully saturated rings. The fraction of sp³-hybridized carbons (Fsp3) is 0.500. The highest BCUT2D eigenvalue weighted by Crippen LogP contribution is 2.16. The average molecular weight is 229 g/mol. The van der Waals surface area contributed by atoms with Gasteiger partial charge in [-0.3, -0.25) is 4.79 Å². The first-order valence-electron chi connectivity index (χ1n) is 4.71. The Balaban J connectivity index is 2.29. The van der Waals surface area contributed by atoms with E-state index in [0.717, 1.165) is 22.8 Å². The molecule has 0 saturated carbocycles. The summed E-state index contributed by atoms with van der Waals surface area (Å²) in [5.74, 6) is -0.782. The van der Waals surface area contributed by atoms with Gasteiger partial charge in [0.15, 0.2) is 0 Å². The molecule has 0 radical (unpaired) electrons. The first kappa shape index (κ1) is 12.2. The van der Waals surface area contributed by atoms with E-state index in [4.69, 9.17) is 9.84 Å². The maximum atomic E-state index is 10.5. The Kier molecular flexibility index (Phi) is 5.31. The number of carboxylic acids is 1. The molecule has 0 atom stereocenters. The van der Waals surface area contributed by atoms with E-state index in [1.165, 1.54) is 11.3 Å². The van der Waals surface area contributed by atoms with Crippen LogP contribution >= 0.6 is 11.3 Å². The summed E-state index contributed by atoms with van der Waals surface area (Å²) in [6.07, 6.45) is 0.114. The number of aliphatic carboxylic acids is 1. The van der Waals surface area contributed by atoms with Crippen LogP contribution in [0.2, 0.25) is 0 Å². The van der Waals surface area contributed by atoms with Crippen LogP contribution in [0.1, 0.15) is 9.75 Å². The third-order valence-corrected chi connectivity index (χ3v) is 2.91. The fourth-order valence-corrected chi connectivity index (χ4v) is 2.13. The lowest BCUT2D eigenvalue weighted by Crippen LogP contribution is -2.17. The second-order valence-electron chi connectivity index (χ2n) is 3.11. The first-order valence-corrected chi connectivity index (χ1v) is 5.53. The lowest BCUT2D eigenvalue weighted by molar-refractivity contribution is -0.136. The van der Waals surface area contributed by atoms with Crippen LogP contribution in [0.4, 0.5) is 0 Å². The summed E-state index contributed by atoms with van der Waals surface area (Å²) < 4.78 is 4.90. The van der Waals surface area contributed by atoms with Crippen molar-refractivity contribution in [1.82, 2.24) is 5.32 Å². The minimum absolute atomic E-state index is 0.114. The molecule has 0 aliphatic heterocycles. The Morgan fingerprint density at radius 3 is 2.93 bits per heavy atom. The van der Waals surface area contributed by atoms with E-state index in [9.17, 15) is 4.79 Å². The maximum Gasteiger partial charge on any atom is 0.308 e. The molecule has 1 heterocycles. The third-order valence-electron chi connectivity index (χ3n) is 1.82. The van der Waals surface area contributed by atoms with Crippen molar-refractivity contribution in [3.63, 3.8) is 0 Å². The molecule has 0 aliphatic carbocycles. The van der Waals surface area contributed by atoms with Gasteiger partial charge in [0.25, 0.3) is 0 Å². The molecule has 15 heavy (non-hydrogen) atoms. The molecular weight excluding hydrogens is 214 g/mol. The van der Waals surface area contributed by atoms with Gasteiger partial charge in [0, 0.05) is 30.0 Å². The van der Waals surface area contributed by atoms with Crippen LogP contribution in [0, 0.1) is 0 Å². The number of nitrogens with one attached hydrogen (secondary N) is 1. The van der Waals surface area contributed by atoms with Crippen LogP contribution in [0.3, 0.4) is 0 Å². The van der Waals surface area contributed by atoms with Crippen LogP contribution in [-0.4, -0.2) is 31.3 Å². The van der Waals surface area contributed by atoms with Gasteiger partial charge in [-0.1, -0.05) is 0 Å². The lowest BCUT2D eigenvalue weighted by atomic mass is 10.3. The zero-order chi connectivity index (χ0) is 11.1. The van der Waals surface area contributed by atoms with E-state index in [0.29, 0.717) is 6.61 Å². The molecule has 0 aliphatic rings. The van der Waals surface area contributed by atoms with Crippen molar-refractivity contribution in [2.24, 2.45) is 0 Å². The van der Waals surface area contributed by atoms with Gasteiger partial charge >= 0.3 is 5.97 Å². The highest BCUT2D eigenvalue weighted by Gasteiger charge is 2.03. The number of thiophene rings is 1. The average Bonchev–Trinajstić information content (AvgIpc) is 2.59. The summed E-state index contributed by atoms with van der Waals surface area (Å²) in [7, 11) is 1.66. The quantitative estimate of drug-likeness (QED) is 0.688. The van der Waals surface area contributed by atoms with Gasteiger partial charge in [-0.15, -0.1) is 11.3 Å². The lowest BCUT2D eigenvalue weighted by Gasteiger charge is -2.00. The molecule has 0 bridgehead atoms. The van der Waals surface area contributed by atoms with Gasteiger partial charge in [-0.05, 0) is 12.1 Å². The topological polar surface area (TPSA) is 58.6 Å². The van der Waals surface area contributed by atoms with Crippen LogP contribution in [0.5, 0.6) is 0 Å². The number of ether oxygens (including phenoxy) is 1. The standard InChI is InChI=1S/C10H15NO3S/c1-14-5-4-11-7-9-3-2-8(15-9)6-10(12)13/h2-3,11H,4-7H2,1H3,(H,12,13). The van der Waals surface area contributed by atoms with E-state index in [1.807, 2.05) is 12.1 Å². The van der Waals surface area contributed by atoms with Crippen molar-refractivity contribution in [2.45, 2.75) is 13.0 Å². The second-order valence-corrected chi connectivity index (χ2v) is 4.36. The van der Waals surface area contributed by atoms with E-state index >= 15 is 0 Å². The van der Waals surface area contributed by atoms with Crippen molar-refractivity contribution in [2.75, 3.05) is 20.3 Å². The van der Waals surface area contributed by atoms with Crippen molar-refractivity contribution in [1.29, 1.82) is 0 Å². The molecule has 0 spiro atoms. The largest absolute Gasteiger partial charge is 0.481 e. The Morgan fingerprint density at radius 2 is 2.27 bits per heavy atom. The molecule has 1 aromatic heterocycles. The molecule has 84 valence electrons. The Labute approximate surface area is 92.9 Å². The van der Waals surface area contributed by atoms with Crippen LogP contribution in [0.25, 0.3) is 0 Å². The molecule has 0 amide bonds. The SMILES string of the molecule is COCCNCc1ccc(CC(=O)O)s1. The summed E-state index contributed by atoms with van der Waals surface area (Å²) >= 11 is 1.54. The monoisotopic (exact) mass is 229 g/mol. The zero-order valence-corrected chi connectivity index (χ0v) is 9.47. The number of carboxylic acid groups (broad SMARTS) is 1. The molecule has 1 rings (SSSR count). The number of methoxy groups -OCH3 is 1. The van der Waals surface area contributed by atoms with Gasteiger partial charge in [-0.2, -0.15) is 0 Å². The van der Waals surface area contributed by atoms with Crippen molar-refractivity contribution in [3.05, 3.63) is 21.9 Å². The van der Waals surface area contributed by atoms with Gasteiger partial charge in [0.2, 0.25) is 0 Å². The van der Waals surface area contributed by atoms with E-state index < -0.39 is 5.97 Å². The Morgan fingerprint density at radius 1 is 1.53 bits per heavy atom. The highest BCUT2D eigenvalue weighted by atomic mass is 32.1. The first-order chi connectivity index (χ1) is 7.22. The summed E-state index contributed by atoms with van der Waals surface area (Å²) in [5.41, 5.74) is 0. The summed E-state index contributed by atoms with van der Waals surface area (Å²) in [6.45, 7) is 2.27. The number of hydrogen-bond acceptors (Lipinski definition) is 4. The van der Waals surface area contributed by atoms with Gasteiger partial charge in [-0.25, -0.2) is 0 Å². The smallest absolute Gasteiger partial charge is 0.308 e. The number of carbonyl (C=O) groups is 1. The third kappa shape index (κ3) is 4.92. The summed E-state index contributed by atoms with van der Waals surface area (Å²) in [4.78, 5) is 12.5. The van der Waals surface area contributed by atoms with E-state index in [1.54, 1.807) is 7.11 Å². The normalized spacial score (nSPS) is 10.5. The molecule has 0 aromatic carbocycles. The van der Waals surface area contributed by atoms with E-state index in [2.05, 4.69) is 5.32 Å². The Bertz CT molecular complexity index is 311. The molecule has 0 unspecified atom stereocenters. The predicted molar refractivity (Wildman–Crippen MR) is 59.2 cm³/mol. The highest BCUT2D eigenvalue weighted by molar-refractivity contribution is 7.12. The fourth-order valence-electron chi connectivity index (χ4n) is 1.15. The van der Waals surface area contributed by atoms with Gasteiger partial charge < -0.3 is 15.2 Å². The van der Waals surface area contributed by atoms with Gasteiger partial charge in [0.1, 0.15) is 0 Å². The van der Waals surface area contributed by atoms with Crippen molar-refractivity contribution < 1.29 is 14.6 Å². The minimum atomic E-state index is -0.782. The molecule has 5 heteroatoms. The zero-order valence-electron chi connectivity index (χ0n) is 8.66. The van der Waals surface area contributed by atoms with Crippen molar-refractivity contribution in [3.8, 4) is 0 Å². The maximum absolute atomic E-state index is 10.5. The molecular formula is C10H15NO3S. The molecule has 0 saturated heterocycles. The number of hydrogen-bond donors (Lipinski definition) is 2. The van der Waals surface area contributed by atoms with Crippen molar-refractivity contribution >= 4 is 17.3 Å². The predicted octanol–water partition coefficient (Wildman–Crippen LogP) is 1.11. The summed E-state index contributed by atoms with van der Waals surface area (Å²) in [6, 6.07) is 3.83. The van der Waals surface area contributed by atoms with E-state index in [-0.39, 0.29) is 6.42 Å². The van der Waals surface area contributed by atoms with Crippen LogP contribution < -0.4 is 5.32 Å². The second kappa shape index (κ2) is 6.55. The number of rotatable bonds is 7. The van der Waals surface area contributed by atoms with Crippen LogP contribution in [0.15, 0.2) is 12.1 Å². The minimum Gasteiger partial charge on any atom is -0.481 e.